The van der Waals surface area contributed by atoms with Gasteiger partial charge in [0, 0.05) is 31.0 Å². The molecule has 0 aliphatic carbocycles. The zero-order valence-electron chi connectivity index (χ0n) is 12.3. The van der Waals surface area contributed by atoms with Crippen molar-refractivity contribution in [3.63, 3.8) is 0 Å². The maximum absolute atomic E-state index is 5.07. The van der Waals surface area contributed by atoms with Crippen molar-refractivity contribution < 1.29 is 4.74 Å². The molecule has 5 heteroatoms. The van der Waals surface area contributed by atoms with Gasteiger partial charge in [0.1, 0.15) is 0 Å². The van der Waals surface area contributed by atoms with Crippen molar-refractivity contribution in [3.8, 4) is 5.88 Å². The van der Waals surface area contributed by atoms with Crippen LogP contribution >= 0.6 is 0 Å². The molecule has 0 fully saturated rings. The predicted octanol–water partition coefficient (Wildman–Crippen LogP) is 1.68. The minimum Gasteiger partial charge on any atom is -0.481 e. The standard InChI is InChI=1S/C15H22N4O/c1-4-19-11-13(10-18-19)8-14(16-2)7-12-5-6-15(20-3)17-9-12/h5-6,9-11,14,16H,4,7-8H2,1-3H3. The summed E-state index contributed by atoms with van der Waals surface area (Å²) >= 11 is 0. The van der Waals surface area contributed by atoms with Gasteiger partial charge in [0.2, 0.25) is 5.88 Å². The molecule has 0 aromatic carbocycles. The van der Waals surface area contributed by atoms with E-state index in [0.717, 1.165) is 19.4 Å². The minimum absolute atomic E-state index is 0.375. The van der Waals surface area contributed by atoms with Gasteiger partial charge in [0.25, 0.3) is 0 Å². The fourth-order valence-electron chi connectivity index (χ4n) is 2.18. The molecule has 1 unspecified atom stereocenters. The Morgan fingerprint density at radius 3 is 2.60 bits per heavy atom. The average Bonchev–Trinajstić information content (AvgIpc) is 2.95. The van der Waals surface area contributed by atoms with E-state index < -0.39 is 0 Å². The maximum atomic E-state index is 5.07. The second-order valence-corrected chi connectivity index (χ2v) is 4.81. The maximum Gasteiger partial charge on any atom is 0.212 e. The van der Waals surface area contributed by atoms with Crippen LogP contribution in [0.15, 0.2) is 30.7 Å². The third kappa shape index (κ3) is 3.81. The van der Waals surface area contributed by atoms with Gasteiger partial charge in [-0.2, -0.15) is 5.10 Å². The summed E-state index contributed by atoms with van der Waals surface area (Å²) in [5.41, 5.74) is 2.46. The lowest BCUT2D eigenvalue weighted by Gasteiger charge is -2.15. The molecule has 1 atom stereocenters. The van der Waals surface area contributed by atoms with Crippen LogP contribution in [-0.2, 0) is 19.4 Å². The van der Waals surface area contributed by atoms with Crippen LogP contribution in [0.4, 0.5) is 0 Å². The Morgan fingerprint density at radius 1 is 1.25 bits per heavy atom. The Bertz CT molecular complexity index is 521. The van der Waals surface area contributed by atoms with E-state index in [2.05, 4.69) is 34.6 Å². The monoisotopic (exact) mass is 274 g/mol. The topological polar surface area (TPSA) is 52.0 Å². The highest BCUT2D eigenvalue weighted by atomic mass is 16.5. The fourth-order valence-corrected chi connectivity index (χ4v) is 2.18. The van der Waals surface area contributed by atoms with Crippen molar-refractivity contribution in [3.05, 3.63) is 41.9 Å². The van der Waals surface area contributed by atoms with Crippen LogP contribution in [0, 0.1) is 0 Å². The number of nitrogens with one attached hydrogen (secondary N) is 1. The van der Waals surface area contributed by atoms with Crippen molar-refractivity contribution >= 4 is 0 Å². The lowest BCUT2D eigenvalue weighted by Crippen LogP contribution is -2.29. The molecule has 1 N–H and O–H groups in total. The first-order valence-corrected chi connectivity index (χ1v) is 6.92. The molecule has 2 aromatic rings. The third-order valence-corrected chi connectivity index (χ3v) is 3.39. The summed E-state index contributed by atoms with van der Waals surface area (Å²) in [6.45, 7) is 3.00. The summed E-state index contributed by atoms with van der Waals surface area (Å²) < 4.78 is 7.03. The average molecular weight is 274 g/mol. The Hall–Kier alpha value is -1.88. The van der Waals surface area contributed by atoms with Crippen LogP contribution in [0.2, 0.25) is 0 Å². The van der Waals surface area contributed by atoms with Crippen molar-refractivity contribution in [1.82, 2.24) is 20.1 Å². The molecule has 0 aliphatic heterocycles. The van der Waals surface area contributed by atoms with Gasteiger partial charge in [0.05, 0.1) is 13.3 Å². The number of pyridine rings is 1. The van der Waals surface area contributed by atoms with Gasteiger partial charge in [-0.1, -0.05) is 6.07 Å². The summed E-state index contributed by atoms with van der Waals surface area (Å²) in [7, 11) is 3.62. The highest BCUT2D eigenvalue weighted by molar-refractivity contribution is 5.19. The second-order valence-electron chi connectivity index (χ2n) is 4.81. The number of hydrogen-bond acceptors (Lipinski definition) is 4. The smallest absolute Gasteiger partial charge is 0.212 e. The summed E-state index contributed by atoms with van der Waals surface area (Å²) in [4.78, 5) is 4.24. The highest BCUT2D eigenvalue weighted by Gasteiger charge is 2.10. The number of aromatic nitrogens is 3. The van der Waals surface area contributed by atoms with Crippen LogP contribution in [0.3, 0.4) is 0 Å². The molecule has 2 heterocycles. The number of ether oxygens (including phenoxy) is 1. The second kappa shape index (κ2) is 7.05. The molecule has 0 radical (unpaired) electrons. The molecule has 5 nitrogen and oxygen atoms in total. The normalized spacial score (nSPS) is 12.3. The van der Waals surface area contributed by atoms with E-state index in [4.69, 9.17) is 4.74 Å². The lowest BCUT2D eigenvalue weighted by atomic mass is 10.0. The largest absolute Gasteiger partial charge is 0.481 e. The van der Waals surface area contributed by atoms with Crippen LogP contribution in [0.5, 0.6) is 5.88 Å². The van der Waals surface area contributed by atoms with Gasteiger partial charge >= 0.3 is 0 Å². The van der Waals surface area contributed by atoms with E-state index in [1.807, 2.05) is 30.2 Å². The molecule has 0 amide bonds. The Labute approximate surface area is 120 Å². The third-order valence-electron chi connectivity index (χ3n) is 3.39. The molecule has 0 saturated heterocycles. The van der Waals surface area contributed by atoms with Gasteiger partial charge in [-0.3, -0.25) is 4.68 Å². The first-order valence-electron chi connectivity index (χ1n) is 6.92. The molecule has 2 rings (SSSR count). The Balaban J connectivity index is 1.97. The number of methoxy groups -OCH3 is 1. The number of rotatable bonds is 7. The summed E-state index contributed by atoms with van der Waals surface area (Å²) in [6.07, 6.45) is 7.82. The van der Waals surface area contributed by atoms with Gasteiger partial charge in [-0.25, -0.2) is 4.98 Å². The molecule has 0 bridgehead atoms. The van der Waals surface area contributed by atoms with E-state index in [-0.39, 0.29) is 0 Å². The number of hydrogen-bond donors (Lipinski definition) is 1. The van der Waals surface area contributed by atoms with Gasteiger partial charge in [-0.15, -0.1) is 0 Å². The predicted molar refractivity (Wildman–Crippen MR) is 78.9 cm³/mol. The van der Waals surface area contributed by atoms with Crippen LogP contribution < -0.4 is 10.1 Å². The van der Waals surface area contributed by atoms with E-state index in [1.54, 1.807) is 7.11 Å². The molecular weight excluding hydrogens is 252 g/mol. The van der Waals surface area contributed by atoms with Crippen molar-refractivity contribution in [1.29, 1.82) is 0 Å². The van der Waals surface area contributed by atoms with Gasteiger partial charge in [-0.05, 0) is 37.9 Å². The zero-order chi connectivity index (χ0) is 14.4. The fraction of sp³-hybridized carbons (Fsp3) is 0.467. The number of likely N-dealkylation sites (N-methyl/N-ethyl adjacent to an activating group) is 1. The lowest BCUT2D eigenvalue weighted by molar-refractivity contribution is 0.397. The molecular formula is C15H22N4O. The molecule has 2 aromatic heterocycles. The number of aryl methyl sites for hydroxylation is 1. The Kier molecular flexibility index (Phi) is 5.12. The summed E-state index contributed by atoms with van der Waals surface area (Å²) in [5, 5.41) is 7.67. The summed E-state index contributed by atoms with van der Waals surface area (Å²) in [5.74, 6) is 0.652. The van der Waals surface area contributed by atoms with E-state index in [0.29, 0.717) is 11.9 Å². The highest BCUT2D eigenvalue weighted by Crippen LogP contribution is 2.11. The van der Waals surface area contributed by atoms with Gasteiger partial charge in [0.15, 0.2) is 0 Å². The molecule has 0 aliphatic rings. The number of nitrogens with zero attached hydrogens (tertiary/aromatic N) is 3. The van der Waals surface area contributed by atoms with Crippen LogP contribution in [0.25, 0.3) is 0 Å². The Morgan fingerprint density at radius 2 is 2.05 bits per heavy atom. The van der Waals surface area contributed by atoms with Crippen LogP contribution in [0.1, 0.15) is 18.1 Å². The minimum atomic E-state index is 0.375. The van der Waals surface area contributed by atoms with E-state index in [9.17, 15) is 0 Å². The van der Waals surface area contributed by atoms with Gasteiger partial charge < -0.3 is 10.1 Å². The first kappa shape index (κ1) is 14.5. The van der Waals surface area contributed by atoms with E-state index in [1.165, 1.54) is 11.1 Å². The molecule has 108 valence electrons. The zero-order valence-corrected chi connectivity index (χ0v) is 12.3. The van der Waals surface area contributed by atoms with Crippen molar-refractivity contribution in [2.24, 2.45) is 0 Å². The van der Waals surface area contributed by atoms with E-state index >= 15 is 0 Å². The molecule has 0 spiro atoms. The first-order chi connectivity index (χ1) is 9.75. The molecule has 20 heavy (non-hydrogen) atoms. The van der Waals surface area contributed by atoms with Crippen LogP contribution in [-0.4, -0.2) is 35.0 Å². The van der Waals surface area contributed by atoms with Crippen molar-refractivity contribution in [2.45, 2.75) is 32.4 Å². The SMILES string of the molecule is CCn1cc(CC(Cc2ccc(OC)nc2)NC)cn1. The molecule has 0 saturated carbocycles. The van der Waals surface area contributed by atoms with Crippen molar-refractivity contribution in [2.75, 3.05) is 14.2 Å². The summed E-state index contributed by atoms with van der Waals surface area (Å²) in [6, 6.07) is 4.34. The quantitative estimate of drug-likeness (QED) is 0.834.